The van der Waals surface area contributed by atoms with E-state index in [9.17, 15) is 9.59 Å². The molecule has 1 aromatic heterocycles. The summed E-state index contributed by atoms with van der Waals surface area (Å²) in [5, 5.41) is 0. The van der Waals surface area contributed by atoms with Crippen molar-refractivity contribution >= 4 is 33.6 Å². The Morgan fingerprint density at radius 1 is 1.16 bits per heavy atom. The van der Waals surface area contributed by atoms with Crippen molar-refractivity contribution in [1.82, 2.24) is 14.8 Å². The Bertz CT molecular complexity index is 941. The largest absolute Gasteiger partial charge is 0.444 e. The van der Waals surface area contributed by atoms with E-state index in [1.165, 1.54) is 0 Å². The minimum atomic E-state index is -0.488. The summed E-state index contributed by atoms with van der Waals surface area (Å²) in [6.45, 7) is 10.7. The number of amides is 2. The van der Waals surface area contributed by atoms with E-state index in [0.717, 1.165) is 35.4 Å². The summed E-state index contributed by atoms with van der Waals surface area (Å²) in [5.74, 6) is -0.155. The fourth-order valence-electron chi connectivity index (χ4n) is 3.64. The number of piperazine rings is 1. The van der Waals surface area contributed by atoms with Gasteiger partial charge >= 0.3 is 6.09 Å². The molecule has 0 bridgehead atoms. The lowest BCUT2D eigenvalue weighted by atomic mass is 10.1. The van der Waals surface area contributed by atoms with Gasteiger partial charge in [-0.3, -0.25) is 9.69 Å². The van der Waals surface area contributed by atoms with Gasteiger partial charge in [-0.1, -0.05) is 12.1 Å². The predicted molar refractivity (Wildman–Crippen MR) is 129 cm³/mol. The summed E-state index contributed by atoms with van der Waals surface area (Å²) in [7, 11) is 1.75. The van der Waals surface area contributed by atoms with Crippen molar-refractivity contribution in [3.8, 4) is 0 Å². The van der Waals surface area contributed by atoms with E-state index < -0.39 is 5.60 Å². The van der Waals surface area contributed by atoms with Gasteiger partial charge in [0.05, 0.1) is 0 Å². The Morgan fingerprint density at radius 2 is 1.84 bits per heavy atom. The third kappa shape index (κ3) is 6.29. The van der Waals surface area contributed by atoms with Gasteiger partial charge in [-0.05, 0) is 73.5 Å². The number of halogens is 1. The lowest BCUT2D eigenvalue weighted by molar-refractivity contribution is 0.000553. The van der Waals surface area contributed by atoms with Gasteiger partial charge in [-0.25, -0.2) is 9.78 Å². The van der Waals surface area contributed by atoms with Crippen LogP contribution in [0.3, 0.4) is 0 Å². The van der Waals surface area contributed by atoms with E-state index >= 15 is 0 Å². The van der Waals surface area contributed by atoms with Crippen molar-refractivity contribution in [3.63, 3.8) is 0 Å². The Hall–Kier alpha value is -2.45. The smallest absolute Gasteiger partial charge is 0.410 e. The maximum absolute atomic E-state index is 12.7. The van der Waals surface area contributed by atoms with Crippen LogP contribution >= 0.6 is 15.9 Å². The highest BCUT2D eigenvalue weighted by atomic mass is 79.9. The highest BCUT2D eigenvalue weighted by Gasteiger charge is 2.30. The van der Waals surface area contributed by atoms with E-state index in [4.69, 9.17) is 4.74 Å². The minimum Gasteiger partial charge on any atom is -0.444 e. The lowest BCUT2D eigenvalue weighted by Gasteiger charge is -2.40. The molecule has 0 N–H and O–H groups in total. The van der Waals surface area contributed by atoms with Crippen molar-refractivity contribution in [1.29, 1.82) is 0 Å². The van der Waals surface area contributed by atoms with Crippen LogP contribution in [0.4, 0.5) is 10.5 Å². The first-order valence-corrected chi connectivity index (χ1v) is 11.5. The van der Waals surface area contributed by atoms with Crippen LogP contribution in [0.25, 0.3) is 0 Å². The SMILES string of the molecule is C[C@H]1CN(Cc2ccc(N(C)C(=O)c3ccc(Br)cn3)cc2)CCN1C(=O)OC(C)(C)C. The summed E-state index contributed by atoms with van der Waals surface area (Å²) >= 11 is 3.33. The first-order valence-electron chi connectivity index (χ1n) is 10.7. The number of hydrogen-bond donors (Lipinski definition) is 0. The minimum absolute atomic E-state index is 0.0834. The molecule has 2 heterocycles. The number of benzene rings is 1. The number of carbonyl (C=O) groups is 2. The quantitative estimate of drug-likeness (QED) is 0.612. The van der Waals surface area contributed by atoms with Gasteiger partial charge in [-0.15, -0.1) is 0 Å². The second kappa shape index (κ2) is 10.0. The standard InChI is InChI=1S/C24H31BrN4O3/c1-17-15-28(12-13-29(17)23(31)32-24(2,3)4)16-18-6-9-20(10-7-18)27(5)22(30)21-11-8-19(25)14-26-21/h6-11,14,17H,12-13,15-16H2,1-5H3/t17-/m0/s1. The predicted octanol–water partition coefficient (Wildman–Crippen LogP) is 4.56. The zero-order valence-corrected chi connectivity index (χ0v) is 20.9. The van der Waals surface area contributed by atoms with Crippen LogP contribution in [-0.2, 0) is 11.3 Å². The molecule has 0 spiro atoms. The second-order valence-electron chi connectivity index (χ2n) is 9.15. The molecular formula is C24H31BrN4O3. The molecule has 1 saturated heterocycles. The number of hydrogen-bond acceptors (Lipinski definition) is 5. The molecule has 1 atom stereocenters. The maximum atomic E-state index is 12.7. The number of anilines is 1. The Kier molecular flexibility index (Phi) is 7.56. The summed E-state index contributed by atoms with van der Waals surface area (Å²) in [4.78, 5) is 35.0. The molecule has 1 aliphatic heterocycles. The summed E-state index contributed by atoms with van der Waals surface area (Å²) < 4.78 is 6.36. The van der Waals surface area contributed by atoms with Crippen LogP contribution in [0.5, 0.6) is 0 Å². The Morgan fingerprint density at radius 3 is 2.41 bits per heavy atom. The summed E-state index contributed by atoms with van der Waals surface area (Å²) in [6, 6.07) is 11.6. The molecule has 32 heavy (non-hydrogen) atoms. The van der Waals surface area contributed by atoms with Crippen molar-refractivity contribution < 1.29 is 14.3 Å². The average Bonchev–Trinajstić information content (AvgIpc) is 2.72. The van der Waals surface area contributed by atoms with Gasteiger partial charge in [0.2, 0.25) is 0 Å². The van der Waals surface area contributed by atoms with E-state index in [2.05, 4.69) is 32.7 Å². The normalized spacial score (nSPS) is 17.2. The van der Waals surface area contributed by atoms with Gasteiger partial charge in [-0.2, -0.15) is 0 Å². The first kappa shape index (κ1) is 24.2. The number of carbonyl (C=O) groups excluding carboxylic acids is 2. The monoisotopic (exact) mass is 502 g/mol. The molecule has 1 fully saturated rings. The van der Waals surface area contributed by atoms with Crippen molar-refractivity contribution in [2.75, 3.05) is 31.6 Å². The third-order valence-electron chi connectivity index (χ3n) is 5.32. The fourth-order valence-corrected chi connectivity index (χ4v) is 3.88. The Balaban J connectivity index is 1.56. The van der Waals surface area contributed by atoms with E-state index in [0.29, 0.717) is 12.2 Å². The van der Waals surface area contributed by atoms with Gasteiger partial charge in [0.25, 0.3) is 5.91 Å². The van der Waals surface area contributed by atoms with Crippen LogP contribution in [0.2, 0.25) is 0 Å². The van der Waals surface area contributed by atoms with Crippen LogP contribution < -0.4 is 4.90 Å². The molecule has 0 saturated carbocycles. The topological polar surface area (TPSA) is 66.0 Å². The zero-order chi connectivity index (χ0) is 23.5. The van der Waals surface area contributed by atoms with Crippen molar-refractivity contribution in [2.45, 2.75) is 45.9 Å². The van der Waals surface area contributed by atoms with E-state index in [1.807, 2.05) is 49.9 Å². The molecule has 172 valence electrons. The average molecular weight is 503 g/mol. The summed E-state index contributed by atoms with van der Waals surface area (Å²) in [5.41, 5.74) is 1.88. The lowest BCUT2D eigenvalue weighted by Crippen LogP contribution is -2.54. The molecule has 0 aliphatic carbocycles. The maximum Gasteiger partial charge on any atom is 0.410 e. The van der Waals surface area contributed by atoms with Crippen molar-refractivity contribution in [2.24, 2.45) is 0 Å². The number of nitrogens with zero attached hydrogens (tertiary/aromatic N) is 4. The third-order valence-corrected chi connectivity index (χ3v) is 5.79. The number of ether oxygens (including phenoxy) is 1. The van der Waals surface area contributed by atoms with Gasteiger partial charge in [0, 0.05) is 55.6 Å². The van der Waals surface area contributed by atoms with Crippen molar-refractivity contribution in [3.05, 3.63) is 58.3 Å². The van der Waals surface area contributed by atoms with Crippen LogP contribution in [-0.4, -0.2) is 65.1 Å². The molecule has 0 unspecified atom stereocenters. The zero-order valence-electron chi connectivity index (χ0n) is 19.3. The molecule has 0 radical (unpaired) electrons. The molecule has 8 heteroatoms. The fraction of sp³-hybridized carbons (Fsp3) is 0.458. The number of aromatic nitrogens is 1. The number of pyridine rings is 1. The molecule has 2 amide bonds. The van der Waals surface area contributed by atoms with Crippen LogP contribution in [0.1, 0.15) is 43.7 Å². The molecule has 7 nitrogen and oxygen atoms in total. The van der Waals surface area contributed by atoms with Crippen LogP contribution in [0, 0.1) is 0 Å². The molecule has 3 rings (SSSR count). The highest BCUT2D eigenvalue weighted by Crippen LogP contribution is 2.20. The number of rotatable bonds is 4. The van der Waals surface area contributed by atoms with Gasteiger partial charge < -0.3 is 14.5 Å². The molecular weight excluding hydrogens is 472 g/mol. The second-order valence-corrected chi connectivity index (χ2v) is 10.1. The molecule has 1 aromatic carbocycles. The molecule has 1 aliphatic rings. The van der Waals surface area contributed by atoms with Gasteiger partial charge in [0.15, 0.2) is 0 Å². The first-order chi connectivity index (χ1) is 15.0. The van der Waals surface area contributed by atoms with E-state index in [-0.39, 0.29) is 18.0 Å². The van der Waals surface area contributed by atoms with E-state index in [1.54, 1.807) is 30.3 Å². The summed E-state index contributed by atoms with van der Waals surface area (Å²) in [6.07, 6.45) is 1.37. The van der Waals surface area contributed by atoms with Gasteiger partial charge in [0.1, 0.15) is 11.3 Å². The highest BCUT2D eigenvalue weighted by molar-refractivity contribution is 9.10. The molecule has 2 aromatic rings. The van der Waals surface area contributed by atoms with Crippen LogP contribution in [0.15, 0.2) is 47.1 Å². The Labute approximate surface area is 198 Å².